The minimum atomic E-state index is -0.369. The lowest BCUT2D eigenvalue weighted by Crippen LogP contribution is -2.51. The predicted molar refractivity (Wildman–Crippen MR) is 93.4 cm³/mol. The van der Waals surface area contributed by atoms with E-state index in [1.807, 2.05) is 16.9 Å². The van der Waals surface area contributed by atoms with E-state index in [0.717, 1.165) is 21.9 Å². The Morgan fingerprint density at radius 3 is 2.92 bits per heavy atom. The third-order valence-corrected chi connectivity index (χ3v) is 5.87. The second kappa shape index (κ2) is 5.26. The summed E-state index contributed by atoms with van der Waals surface area (Å²) in [5.74, 6) is 2.38. The lowest BCUT2D eigenvalue weighted by molar-refractivity contribution is 0.0133. The third-order valence-electron chi connectivity index (χ3n) is 4.93. The van der Waals surface area contributed by atoms with Crippen molar-refractivity contribution in [2.45, 2.75) is 50.3 Å². The van der Waals surface area contributed by atoms with Crippen LogP contribution in [0.4, 0.5) is 5.82 Å². The summed E-state index contributed by atoms with van der Waals surface area (Å²) in [5, 5.41) is 19.1. The summed E-state index contributed by atoms with van der Waals surface area (Å²) in [5.41, 5.74) is 0. The quantitative estimate of drug-likeness (QED) is 0.763. The number of nitrogens with one attached hydrogen (secondary N) is 1. The molecule has 6 nitrogen and oxygen atoms in total. The molecule has 7 heteroatoms. The van der Waals surface area contributed by atoms with Gasteiger partial charge < -0.3 is 10.4 Å². The molecule has 0 aromatic carbocycles. The van der Waals surface area contributed by atoms with E-state index in [1.165, 1.54) is 17.7 Å². The zero-order valence-corrected chi connectivity index (χ0v) is 14.2. The SMILES string of the molecule is Cc1cc2c(NC3CC(O)C3n3cccn3)nc(C3CC3)nc2s1. The van der Waals surface area contributed by atoms with Crippen molar-refractivity contribution >= 4 is 27.4 Å². The van der Waals surface area contributed by atoms with Crippen molar-refractivity contribution in [2.24, 2.45) is 0 Å². The second-order valence-corrected chi connectivity index (χ2v) is 8.05. The van der Waals surface area contributed by atoms with Gasteiger partial charge in [-0.1, -0.05) is 0 Å². The van der Waals surface area contributed by atoms with Crippen LogP contribution in [0.15, 0.2) is 24.5 Å². The van der Waals surface area contributed by atoms with E-state index in [2.05, 4.69) is 23.4 Å². The van der Waals surface area contributed by atoms with Crippen molar-refractivity contribution in [3.8, 4) is 0 Å². The van der Waals surface area contributed by atoms with Crippen LogP contribution in [-0.4, -0.2) is 37.0 Å². The van der Waals surface area contributed by atoms with Crippen LogP contribution in [0.5, 0.6) is 0 Å². The minimum absolute atomic E-state index is 0.0471. The van der Waals surface area contributed by atoms with Crippen LogP contribution in [0, 0.1) is 6.92 Å². The number of aliphatic hydroxyl groups is 1. The summed E-state index contributed by atoms with van der Waals surface area (Å²) >= 11 is 1.72. The van der Waals surface area contributed by atoms with Crippen molar-refractivity contribution in [1.29, 1.82) is 0 Å². The van der Waals surface area contributed by atoms with E-state index in [9.17, 15) is 5.11 Å². The van der Waals surface area contributed by atoms with E-state index >= 15 is 0 Å². The van der Waals surface area contributed by atoms with Gasteiger partial charge in [0.1, 0.15) is 16.5 Å². The highest BCUT2D eigenvalue weighted by molar-refractivity contribution is 7.18. The summed E-state index contributed by atoms with van der Waals surface area (Å²) < 4.78 is 1.84. The lowest BCUT2D eigenvalue weighted by Gasteiger charge is -2.42. The Bertz CT molecular complexity index is 886. The van der Waals surface area contributed by atoms with Gasteiger partial charge in [0.25, 0.3) is 0 Å². The molecule has 3 unspecified atom stereocenters. The first-order valence-corrected chi connectivity index (χ1v) is 9.22. The van der Waals surface area contributed by atoms with Crippen LogP contribution in [-0.2, 0) is 0 Å². The van der Waals surface area contributed by atoms with Gasteiger partial charge in [-0.25, -0.2) is 9.97 Å². The predicted octanol–water partition coefficient (Wildman–Crippen LogP) is 2.86. The van der Waals surface area contributed by atoms with Crippen LogP contribution >= 0.6 is 11.3 Å². The Hall–Kier alpha value is -1.99. The smallest absolute Gasteiger partial charge is 0.138 e. The molecule has 0 radical (unpaired) electrons. The van der Waals surface area contributed by atoms with Crippen molar-refractivity contribution in [2.75, 3.05) is 5.32 Å². The number of aliphatic hydroxyl groups excluding tert-OH is 1. The Balaban J connectivity index is 1.50. The zero-order chi connectivity index (χ0) is 16.3. The topological polar surface area (TPSA) is 75.9 Å². The summed E-state index contributed by atoms with van der Waals surface area (Å²) in [7, 11) is 0. The molecule has 5 rings (SSSR count). The van der Waals surface area contributed by atoms with Crippen LogP contribution in [0.25, 0.3) is 10.2 Å². The molecule has 124 valence electrons. The molecular formula is C17H19N5OS. The van der Waals surface area contributed by atoms with E-state index < -0.39 is 0 Å². The standard InChI is InChI=1S/C17H19N5OS/c1-9-7-11-16(20-15(10-3-4-10)21-17(11)24-9)19-12-8-13(23)14(12)22-6-2-5-18-22/h2,5-7,10,12-14,23H,3-4,8H2,1H3,(H,19,20,21). The van der Waals surface area contributed by atoms with Crippen LogP contribution in [0.1, 0.15) is 41.9 Å². The highest BCUT2D eigenvalue weighted by Crippen LogP contribution is 2.41. The Kier molecular flexibility index (Phi) is 3.14. The second-order valence-electron chi connectivity index (χ2n) is 6.81. The van der Waals surface area contributed by atoms with E-state index in [4.69, 9.17) is 9.97 Å². The number of hydrogen-bond donors (Lipinski definition) is 2. The highest BCUT2D eigenvalue weighted by Gasteiger charge is 2.42. The minimum Gasteiger partial charge on any atom is -0.391 e. The van der Waals surface area contributed by atoms with Gasteiger partial charge in [-0.2, -0.15) is 5.10 Å². The van der Waals surface area contributed by atoms with Crippen LogP contribution in [0.2, 0.25) is 0 Å². The monoisotopic (exact) mass is 341 g/mol. The molecule has 2 fully saturated rings. The number of aryl methyl sites for hydroxylation is 1. The molecule has 0 amide bonds. The number of aromatic nitrogens is 4. The Morgan fingerprint density at radius 2 is 2.21 bits per heavy atom. The van der Waals surface area contributed by atoms with Crippen molar-refractivity contribution in [3.63, 3.8) is 0 Å². The molecule has 0 saturated heterocycles. The molecule has 0 bridgehead atoms. The fourth-order valence-electron chi connectivity index (χ4n) is 3.44. The molecule has 3 heterocycles. The Morgan fingerprint density at radius 1 is 1.33 bits per heavy atom. The molecule has 2 saturated carbocycles. The van der Waals surface area contributed by atoms with Crippen LogP contribution < -0.4 is 5.32 Å². The van der Waals surface area contributed by atoms with Crippen molar-refractivity contribution < 1.29 is 5.11 Å². The average Bonchev–Trinajstić information content (AvgIpc) is 3.14. The van der Waals surface area contributed by atoms with Gasteiger partial charge >= 0.3 is 0 Å². The van der Waals surface area contributed by atoms with E-state index in [-0.39, 0.29) is 18.2 Å². The molecule has 3 aromatic rings. The number of anilines is 1. The maximum absolute atomic E-state index is 10.2. The molecule has 2 N–H and O–H groups in total. The van der Waals surface area contributed by atoms with Crippen molar-refractivity contribution in [3.05, 3.63) is 35.2 Å². The number of rotatable bonds is 4. The molecule has 3 atom stereocenters. The number of hydrogen-bond acceptors (Lipinski definition) is 6. The van der Waals surface area contributed by atoms with Crippen molar-refractivity contribution in [1.82, 2.24) is 19.7 Å². The fourth-order valence-corrected chi connectivity index (χ4v) is 4.33. The lowest BCUT2D eigenvalue weighted by atomic mass is 9.83. The molecular weight excluding hydrogens is 322 g/mol. The van der Waals surface area contributed by atoms with Gasteiger partial charge in [-0.3, -0.25) is 4.68 Å². The summed E-state index contributed by atoms with van der Waals surface area (Å²) in [6.07, 6.45) is 6.37. The first kappa shape index (κ1) is 14.4. The highest BCUT2D eigenvalue weighted by atomic mass is 32.1. The van der Waals surface area contributed by atoms with Crippen LogP contribution in [0.3, 0.4) is 0 Å². The van der Waals surface area contributed by atoms with Gasteiger partial charge in [0.2, 0.25) is 0 Å². The summed E-state index contributed by atoms with van der Waals surface area (Å²) in [6, 6.07) is 4.12. The number of fused-ring (bicyclic) bond motifs is 1. The van der Waals surface area contributed by atoms with Gasteiger partial charge in [-0.05, 0) is 38.3 Å². The molecule has 0 aliphatic heterocycles. The Labute approximate surface area is 143 Å². The maximum atomic E-state index is 10.2. The summed E-state index contributed by atoms with van der Waals surface area (Å²) in [6.45, 7) is 2.10. The third kappa shape index (κ3) is 2.31. The first-order valence-electron chi connectivity index (χ1n) is 8.41. The molecule has 3 aromatic heterocycles. The largest absolute Gasteiger partial charge is 0.391 e. The molecule has 24 heavy (non-hydrogen) atoms. The number of thiophene rings is 1. The maximum Gasteiger partial charge on any atom is 0.138 e. The summed E-state index contributed by atoms with van der Waals surface area (Å²) in [4.78, 5) is 11.9. The van der Waals surface area contributed by atoms with Gasteiger partial charge in [0, 0.05) is 23.2 Å². The molecule has 0 spiro atoms. The van der Waals surface area contributed by atoms with E-state index in [0.29, 0.717) is 12.3 Å². The van der Waals surface area contributed by atoms with Gasteiger partial charge in [0.05, 0.1) is 23.6 Å². The number of nitrogens with zero attached hydrogens (tertiary/aromatic N) is 4. The van der Waals surface area contributed by atoms with Gasteiger partial charge in [-0.15, -0.1) is 11.3 Å². The normalized spacial score (nSPS) is 26.5. The van der Waals surface area contributed by atoms with E-state index in [1.54, 1.807) is 17.5 Å². The molecule has 2 aliphatic carbocycles. The fraction of sp³-hybridized carbons (Fsp3) is 0.471. The first-order chi connectivity index (χ1) is 11.7. The van der Waals surface area contributed by atoms with Gasteiger partial charge in [0.15, 0.2) is 0 Å². The zero-order valence-electron chi connectivity index (χ0n) is 13.4. The average molecular weight is 341 g/mol. The molecule has 2 aliphatic rings.